The first-order valence-corrected chi connectivity index (χ1v) is 10.2. The molecule has 0 unspecified atom stereocenters. The number of ether oxygens (including phenoxy) is 1. The molecule has 0 spiro atoms. The number of hydrogen-bond donors (Lipinski definition) is 1. The van der Waals surface area contributed by atoms with Crippen LogP contribution in [0.25, 0.3) is 11.3 Å². The highest BCUT2D eigenvalue weighted by Gasteiger charge is 2.27. The summed E-state index contributed by atoms with van der Waals surface area (Å²) in [4.78, 5) is 4.59. The average Bonchev–Trinajstić information content (AvgIpc) is 2.82. The van der Waals surface area contributed by atoms with E-state index in [-0.39, 0.29) is 0 Å². The summed E-state index contributed by atoms with van der Waals surface area (Å²) in [5.41, 5.74) is 3.13. The average molecular weight is 419 g/mol. The zero-order valence-electron chi connectivity index (χ0n) is 14.4. The zero-order chi connectivity index (χ0) is 18.8. The molecule has 1 aromatic heterocycles. The van der Waals surface area contributed by atoms with Gasteiger partial charge in [0.25, 0.3) is 0 Å². The molecule has 138 valence electrons. The third kappa shape index (κ3) is 3.83. The van der Waals surface area contributed by atoms with Crippen LogP contribution < -0.4 is 10.1 Å². The van der Waals surface area contributed by atoms with Gasteiger partial charge in [0.2, 0.25) is 11.0 Å². The molecule has 2 heterocycles. The van der Waals surface area contributed by atoms with Crippen molar-refractivity contribution in [1.29, 1.82) is 0 Å². The summed E-state index contributed by atoms with van der Waals surface area (Å²) >= 11 is 14.0. The lowest BCUT2D eigenvalue weighted by atomic mass is 10.1. The minimum Gasteiger partial charge on any atom is -0.448 e. The molecule has 0 amide bonds. The van der Waals surface area contributed by atoms with Crippen LogP contribution in [0.5, 0.6) is 5.88 Å². The molecule has 0 saturated carbocycles. The van der Waals surface area contributed by atoms with Crippen molar-refractivity contribution in [3.63, 3.8) is 0 Å². The fourth-order valence-electron chi connectivity index (χ4n) is 2.76. The van der Waals surface area contributed by atoms with Crippen LogP contribution in [-0.4, -0.2) is 20.9 Å². The van der Waals surface area contributed by atoms with Crippen molar-refractivity contribution >= 4 is 40.7 Å². The summed E-state index contributed by atoms with van der Waals surface area (Å²) in [7, 11) is 0. The lowest BCUT2D eigenvalue weighted by Gasteiger charge is -2.20. The normalized spacial score (nSPS) is 15.1. The zero-order valence-corrected chi connectivity index (χ0v) is 16.8. The number of aromatic nitrogens is 3. The number of anilines is 1. The van der Waals surface area contributed by atoms with Crippen LogP contribution in [0.3, 0.4) is 0 Å². The van der Waals surface area contributed by atoms with Crippen molar-refractivity contribution in [3.8, 4) is 17.1 Å². The molecule has 3 aromatic rings. The van der Waals surface area contributed by atoms with Gasteiger partial charge >= 0.3 is 0 Å². The van der Waals surface area contributed by atoms with E-state index in [9.17, 15) is 0 Å². The number of thioether (sulfide) groups is 1. The van der Waals surface area contributed by atoms with Gasteiger partial charge in [0.05, 0.1) is 5.02 Å². The molecule has 0 radical (unpaired) electrons. The largest absolute Gasteiger partial charge is 0.448 e. The van der Waals surface area contributed by atoms with E-state index in [0.717, 1.165) is 29.0 Å². The van der Waals surface area contributed by atoms with Gasteiger partial charge in [-0.3, -0.25) is 0 Å². The van der Waals surface area contributed by atoms with E-state index in [0.29, 0.717) is 26.8 Å². The molecule has 2 aromatic carbocycles. The Hall–Kier alpha value is -2.02. The van der Waals surface area contributed by atoms with Crippen molar-refractivity contribution in [2.75, 3.05) is 11.1 Å². The minimum absolute atomic E-state index is 0.428. The number of rotatable bonds is 4. The van der Waals surface area contributed by atoms with Crippen LogP contribution in [0.15, 0.2) is 47.6 Å². The molecular weight excluding hydrogens is 403 g/mol. The Balaban J connectivity index is 1.80. The Kier molecular flexibility index (Phi) is 5.38. The highest BCUT2D eigenvalue weighted by Crippen LogP contribution is 2.40. The van der Waals surface area contributed by atoms with Gasteiger partial charge in [-0.2, -0.15) is 4.98 Å². The Morgan fingerprint density at radius 2 is 2.00 bits per heavy atom. The standard InChI is InChI=1S/C19H16Cl2N4OS/c1-2-9-27-19-23-18-16(24-25-19)13-5-3-4-6-15(13)22-17(26-18)12-8-7-11(20)10-14(12)21/h3-8,10,17,22H,2,9H2,1H3/t17-/m1/s1. The third-order valence-electron chi connectivity index (χ3n) is 4.01. The fraction of sp³-hybridized carbons (Fsp3) is 0.211. The highest BCUT2D eigenvalue weighted by molar-refractivity contribution is 7.99. The van der Waals surface area contributed by atoms with E-state index < -0.39 is 6.23 Å². The number of para-hydroxylation sites is 1. The first-order valence-electron chi connectivity index (χ1n) is 8.50. The molecule has 4 rings (SSSR count). The van der Waals surface area contributed by atoms with Crippen LogP contribution in [0.2, 0.25) is 10.0 Å². The monoisotopic (exact) mass is 418 g/mol. The van der Waals surface area contributed by atoms with Gasteiger partial charge in [0.15, 0.2) is 11.9 Å². The van der Waals surface area contributed by atoms with Crippen LogP contribution in [0.1, 0.15) is 25.1 Å². The van der Waals surface area contributed by atoms with Gasteiger partial charge in [-0.1, -0.05) is 66.2 Å². The molecule has 0 saturated heterocycles. The number of hydrogen-bond acceptors (Lipinski definition) is 6. The number of halogens is 2. The maximum Gasteiger partial charge on any atom is 0.247 e. The molecule has 0 fully saturated rings. The van der Waals surface area contributed by atoms with Gasteiger partial charge in [0.1, 0.15) is 0 Å². The van der Waals surface area contributed by atoms with E-state index in [1.807, 2.05) is 30.3 Å². The maximum absolute atomic E-state index is 6.41. The fourth-order valence-corrected chi connectivity index (χ4v) is 3.90. The van der Waals surface area contributed by atoms with Crippen molar-refractivity contribution in [2.45, 2.75) is 24.7 Å². The number of benzene rings is 2. The van der Waals surface area contributed by atoms with Gasteiger partial charge in [-0.05, 0) is 24.6 Å². The quantitative estimate of drug-likeness (QED) is 0.536. The molecule has 1 aliphatic heterocycles. The van der Waals surface area contributed by atoms with Crippen LogP contribution in [0, 0.1) is 0 Å². The van der Waals surface area contributed by atoms with Gasteiger partial charge in [-0.15, -0.1) is 10.2 Å². The van der Waals surface area contributed by atoms with E-state index in [2.05, 4.69) is 27.4 Å². The summed E-state index contributed by atoms with van der Waals surface area (Å²) < 4.78 is 6.20. The Morgan fingerprint density at radius 3 is 2.81 bits per heavy atom. The lowest BCUT2D eigenvalue weighted by molar-refractivity contribution is 0.225. The van der Waals surface area contributed by atoms with Crippen LogP contribution >= 0.6 is 35.0 Å². The van der Waals surface area contributed by atoms with Crippen LogP contribution in [0.4, 0.5) is 5.69 Å². The molecule has 1 atom stereocenters. The molecular formula is C19H16Cl2N4OS. The molecule has 27 heavy (non-hydrogen) atoms. The second-order valence-corrected chi connectivity index (χ2v) is 7.86. The first-order chi connectivity index (χ1) is 13.2. The lowest BCUT2D eigenvalue weighted by Crippen LogP contribution is -2.17. The van der Waals surface area contributed by atoms with Crippen molar-refractivity contribution in [2.24, 2.45) is 0 Å². The van der Waals surface area contributed by atoms with Crippen LogP contribution in [-0.2, 0) is 0 Å². The van der Waals surface area contributed by atoms with E-state index in [1.165, 1.54) is 0 Å². The molecule has 8 heteroatoms. The second kappa shape index (κ2) is 7.92. The van der Waals surface area contributed by atoms with Crippen molar-refractivity contribution in [3.05, 3.63) is 58.1 Å². The SMILES string of the molecule is CCCSc1nnc2c(n1)O[C@H](c1ccc(Cl)cc1Cl)Nc1ccccc1-2. The topological polar surface area (TPSA) is 59.9 Å². The first kappa shape index (κ1) is 18.3. The molecule has 5 nitrogen and oxygen atoms in total. The van der Waals surface area contributed by atoms with Gasteiger partial charge in [0, 0.05) is 27.6 Å². The third-order valence-corrected chi connectivity index (χ3v) is 5.62. The summed E-state index contributed by atoms with van der Waals surface area (Å²) in [5, 5.41) is 13.7. The van der Waals surface area contributed by atoms with Crippen molar-refractivity contribution in [1.82, 2.24) is 15.2 Å². The summed E-state index contributed by atoms with van der Waals surface area (Å²) in [6, 6.07) is 13.1. The minimum atomic E-state index is -0.530. The summed E-state index contributed by atoms with van der Waals surface area (Å²) in [6.45, 7) is 2.11. The molecule has 0 bridgehead atoms. The summed E-state index contributed by atoms with van der Waals surface area (Å²) in [5.74, 6) is 1.35. The smallest absolute Gasteiger partial charge is 0.247 e. The van der Waals surface area contributed by atoms with Gasteiger partial charge in [-0.25, -0.2) is 0 Å². The second-order valence-electron chi connectivity index (χ2n) is 5.95. The number of nitrogens with one attached hydrogen (secondary N) is 1. The highest BCUT2D eigenvalue weighted by atomic mass is 35.5. The Labute approximate surface area is 171 Å². The Bertz CT molecular complexity index is 986. The number of nitrogens with zero attached hydrogens (tertiary/aromatic N) is 3. The van der Waals surface area contributed by atoms with E-state index in [1.54, 1.807) is 23.9 Å². The predicted molar refractivity (Wildman–Crippen MR) is 110 cm³/mol. The number of fused-ring (bicyclic) bond motifs is 3. The van der Waals surface area contributed by atoms with E-state index in [4.69, 9.17) is 27.9 Å². The van der Waals surface area contributed by atoms with E-state index >= 15 is 0 Å². The van der Waals surface area contributed by atoms with Crippen molar-refractivity contribution < 1.29 is 4.74 Å². The van der Waals surface area contributed by atoms with Gasteiger partial charge < -0.3 is 10.1 Å². The summed E-state index contributed by atoms with van der Waals surface area (Å²) in [6.07, 6.45) is 0.497. The predicted octanol–water partition coefficient (Wildman–Crippen LogP) is 5.85. The molecule has 1 N–H and O–H groups in total. The maximum atomic E-state index is 6.41. The Morgan fingerprint density at radius 1 is 1.15 bits per heavy atom. The molecule has 0 aliphatic carbocycles. The molecule has 1 aliphatic rings.